The van der Waals surface area contributed by atoms with Gasteiger partial charge in [-0.2, -0.15) is 4.31 Å². The van der Waals surface area contributed by atoms with Crippen molar-refractivity contribution in [2.45, 2.75) is 36.6 Å². The number of fused-ring (bicyclic) bond motifs is 2. The van der Waals surface area contributed by atoms with E-state index in [0.29, 0.717) is 43.9 Å². The number of ketones is 1. The molecule has 212 valence electrons. The van der Waals surface area contributed by atoms with Crippen LogP contribution in [0.15, 0.2) is 59.0 Å². The molecule has 2 fully saturated rings. The number of likely N-dealkylation sites (N-methyl/N-ethyl adjacent to an activating group) is 1. The molecule has 0 aromatic heterocycles. The van der Waals surface area contributed by atoms with Crippen molar-refractivity contribution in [2.75, 3.05) is 51.7 Å². The summed E-state index contributed by atoms with van der Waals surface area (Å²) in [7, 11) is 0.104. The van der Waals surface area contributed by atoms with E-state index in [9.17, 15) is 27.9 Å². The summed E-state index contributed by atoms with van der Waals surface area (Å²) in [5.74, 6) is -2.79. The zero-order valence-electron chi connectivity index (χ0n) is 23.0. The predicted octanol–water partition coefficient (Wildman–Crippen LogP) is 2.37. The number of aliphatic hydroxyl groups excluding tert-OH is 1. The Morgan fingerprint density at radius 3 is 2.27 bits per heavy atom. The van der Waals surface area contributed by atoms with Crippen LogP contribution < -0.4 is 4.90 Å². The Morgan fingerprint density at radius 2 is 1.65 bits per heavy atom. The normalized spacial score (nSPS) is 22.8. The number of hydrogen-bond acceptors (Lipinski definition) is 7. The zero-order valence-corrected chi connectivity index (χ0v) is 23.8. The number of likely N-dealkylation sites (tertiary alicyclic amines) is 1. The number of sulfonamides is 1. The lowest BCUT2D eigenvalue weighted by Crippen LogP contribution is -2.52. The molecule has 1 N–H and O–H groups in total. The largest absolute Gasteiger partial charge is 0.507 e. The van der Waals surface area contributed by atoms with Crippen LogP contribution in [0.1, 0.15) is 37.3 Å². The van der Waals surface area contributed by atoms with Gasteiger partial charge in [0.15, 0.2) is 5.54 Å². The van der Waals surface area contributed by atoms with Crippen LogP contribution in [0, 0.1) is 0 Å². The van der Waals surface area contributed by atoms with E-state index in [1.165, 1.54) is 38.4 Å². The summed E-state index contributed by atoms with van der Waals surface area (Å²) < 4.78 is 27.4. The van der Waals surface area contributed by atoms with Gasteiger partial charge in [0.05, 0.1) is 16.2 Å². The molecule has 40 heavy (non-hydrogen) atoms. The van der Waals surface area contributed by atoms with Crippen LogP contribution >= 0.6 is 0 Å². The third-order valence-corrected chi connectivity index (χ3v) is 9.86. The average Bonchev–Trinajstić information content (AvgIpc) is 3.62. The maximum atomic E-state index is 14.2. The highest BCUT2D eigenvalue weighted by Crippen LogP contribution is 2.53. The second kappa shape index (κ2) is 10.5. The van der Waals surface area contributed by atoms with Gasteiger partial charge >= 0.3 is 0 Å². The summed E-state index contributed by atoms with van der Waals surface area (Å²) in [6, 6.07) is 12.6. The van der Waals surface area contributed by atoms with E-state index in [2.05, 4.69) is 0 Å². The van der Waals surface area contributed by atoms with Crippen molar-refractivity contribution in [3.8, 4) is 0 Å². The Balaban J connectivity index is 1.66. The van der Waals surface area contributed by atoms with Gasteiger partial charge in [0, 0.05) is 37.3 Å². The van der Waals surface area contributed by atoms with E-state index in [-0.39, 0.29) is 22.6 Å². The number of aliphatic hydroxyl groups is 1. The zero-order chi connectivity index (χ0) is 28.8. The molecule has 3 aliphatic rings. The number of anilines is 1. The van der Waals surface area contributed by atoms with Crippen molar-refractivity contribution < 1.29 is 27.9 Å². The molecule has 3 aliphatic heterocycles. The van der Waals surface area contributed by atoms with Crippen LogP contribution in [0.4, 0.5) is 5.69 Å². The Bertz CT molecular complexity index is 1490. The molecule has 1 unspecified atom stereocenters. The lowest BCUT2D eigenvalue weighted by molar-refractivity contribution is -0.143. The first-order valence-corrected chi connectivity index (χ1v) is 15.0. The minimum absolute atomic E-state index is 0.0734. The number of Topliss-reactive ketones (excluding diaryl/α,β-unsaturated/α-hetero) is 1. The van der Waals surface area contributed by atoms with Crippen LogP contribution in [0.2, 0.25) is 0 Å². The molecule has 1 spiro atoms. The highest BCUT2D eigenvalue weighted by molar-refractivity contribution is 7.89. The predicted molar refractivity (Wildman–Crippen MR) is 150 cm³/mol. The van der Waals surface area contributed by atoms with E-state index >= 15 is 0 Å². The molecule has 5 rings (SSSR count). The Hall–Kier alpha value is -3.54. The van der Waals surface area contributed by atoms with Crippen LogP contribution in [0.5, 0.6) is 0 Å². The summed E-state index contributed by atoms with van der Waals surface area (Å²) in [6.45, 7) is 3.78. The molecule has 2 amide bonds. The van der Waals surface area contributed by atoms with Crippen LogP contribution in [-0.4, -0.2) is 92.0 Å². The minimum atomic E-state index is -3.69. The smallest absolute Gasteiger partial charge is 0.296 e. The summed E-state index contributed by atoms with van der Waals surface area (Å²) in [4.78, 5) is 46.3. The van der Waals surface area contributed by atoms with Gasteiger partial charge in [-0.05, 0) is 77.2 Å². The summed E-state index contributed by atoms with van der Waals surface area (Å²) in [5, 5.41) is 11.6. The highest BCUT2D eigenvalue weighted by Gasteiger charge is 2.66. The SMILES string of the molecule is CCN1C(=O)C2(/C(=C(\O)c3ccc(S(=O)(=O)N4CCCC4)cc3)C(=O)C(=O)N2CCCN(C)C)c2ccccc21. The molecule has 2 aromatic rings. The van der Waals surface area contributed by atoms with E-state index in [1.807, 2.05) is 25.9 Å². The monoisotopic (exact) mass is 566 g/mol. The number of rotatable bonds is 8. The molecule has 3 heterocycles. The second-order valence-electron chi connectivity index (χ2n) is 10.6. The molecular formula is C29H34N4O6S. The maximum absolute atomic E-state index is 14.2. The third kappa shape index (κ3) is 4.15. The van der Waals surface area contributed by atoms with Crippen molar-refractivity contribution in [1.29, 1.82) is 0 Å². The number of carbonyl (C=O) groups is 3. The van der Waals surface area contributed by atoms with Gasteiger partial charge in [-0.25, -0.2) is 8.42 Å². The van der Waals surface area contributed by atoms with E-state index in [0.717, 1.165) is 12.8 Å². The number of amides is 2. The van der Waals surface area contributed by atoms with Crippen molar-refractivity contribution in [1.82, 2.24) is 14.1 Å². The molecule has 1 atom stereocenters. The molecule has 2 aromatic carbocycles. The third-order valence-electron chi connectivity index (χ3n) is 7.94. The van der Waals surface area contributed by atoms with Gasteiger partial charge in [-0.1, -0.05) is 18.2 Å². The fourth-order valence-electron chi connectivity index (χ4n) is 6.03. The fraction of sp³-hybridized carbons (Fsp3) is 0.414. The van der Waals surface area contributed by atoms with Gasteiger partial charge in [0.2, 0.25) is 10.0 Å². The molecular weight excluding hydrogens is 532 g/mol. The Kier molecular flexibility index (Phi) is 7.32. The maximum Gasteiger partial charge on any atom is 0.296 e. The minimum Gasteiger partial charge on any atom is -0.507 e. The Morgan fingerprint density at radius 1 is 1.00 bits per heavy atom. The van der Waals surface area contributed by atoms with Crippen LogP contribution in [0.3, 0.4) is 0 Å². The second-order valence-corrected chi connectivity index (χ2v) is 12.5. The number of benzene rings is 2. The van der Waals surface area contributed by atoms with Gasteiger partial charge < -0.3 is 19.8 Å². The van der Waals surface area contributed by atoms with Gasteiger partial charge in [-0.3, -0.25) is 14.4 Å². The number of hydrogen-bond donors (Lipinski definition) is 1. The van der Waals surface area contributed by atoms with Crippen molar-refractivity contribution in [2.24, 2.45) is 0 Å². The first-order chi connectivity index (χ1) is 19.1. The summed E-state index contributed by atoms with van der Waals surface area (Å²) in [5.41, 5.74) is -0.942. The Labute approximate surface area is 234 Å². The summed E-state index contributed by atoms with van der Waals surface area (Å²) >= 11 is 0. The van der Waals surface area contributed by atoms with Crippen LogP contribution in [-0.2, 0) is 29.9 Å². The van der Waals surface area contributed by atoms with Gasteiger partial charge in [0.1, 0.15) is 5.76 Å². The van der Waals surface area contributed by atoms with Crippen LogP contribution in [0.25, 0.3) is 5.76 Å². The molecule has 0 aliphatic carbocycles. The standard InChI is InChI=1S/C29H34N4O6S/c1-4-32-23-11-6-5-10-22(23)29(28(32)37)24(26(35)27(36)33(29)19-9-16-30(2)3)25(34)20-12-14-21(15-13-20)40(38,39)31-17-7-8-18-31/h5-6,10-15,34H,4,7-9,16-19H2,1-3H3/b25-24-. The number of nitrogens with zero attached hydrogens (tertiary/aromatic N) is 4. The fourth-order valence-corrected chi connectivity index (χ4v) is 7.55. The lowest BCUT2D eigenvalue weighted by atomic mass is 9.82. The van der Waals surface area contributed by atoms with E-state index in [1.54, 1.807) is 24.3 Å². The number of carbonyl (C=O) groups excluding carboxylic acids is 3. The topological polar surface area (TPSA) is 119 Å². The molecule has 11 heteroatoms. The first-order valence-electron chi connectivity index (χ1n) is 13.5. The van der Waals surface area contributed by atoms with Crippen molar-refractivity contribution in [3.05, 3.63) is 65.2 Å². The molecule has 2 saturated heterocycles. The van der Waals surface area contributed by atoms with Gasteiger partial charge in [0.25, 0.3) is 17.6 Å². The van der Waals surface area contributed by atoms with E-state index < -0.39 is 38.9 Å². The molecule has 10 nitrogen and oxygen atoms in total. The molecule has 0 radical (unpaired) electrons. The summed E-state index contributed by atoms with van der Waals surface area (Å²) in [6.07, 6.45) is 2.11. The van der Waals surface area contributed by atoms with E-state index in [4.69, 9.17) is 0 Å². The average molecular weight is 567 g/mol. The van der Waals surface area contributed by atoms with Crippen molar-refractivity contribution >= 4 is 39.1 Å². The van der Waals surface area contributed by atoms with Gasteiger partial charge in [-0.15, -0.1) is 0 Å². The van der Waals surface area contributed by atoms with Crippen molar-refractivity contribution in [3.63, 3.8) is 0 Å². The molecule has 0 saturated carbocycles. The first kappa shape index (κ1) is 28.0. The highest BCUT2D eigenvalue weighted by atomic mass is 32.2. The molecule has 0 bridgehead atoms. The quantitative estimate of drug-likeness (QED) is 0.296. The lowest BCUT2D eigenvalue weighted by Gasteiger charge is -2.34. The number of para-hydroxylation sites is 1.